The molecule has 2 rings (SSSR count). The average molecular weight is 238 g/mol. The lowest BCUT2D eigenvalue weighted by Gasteiger charge is -2.14. The van der Waals surface area contributed by atoms with E-state index >= 15 is 0 Å². The van der Waals surface area contributed by atoms with Gasteiger partial charge in [0.2, 0.25) is 0 Å². The molecular weight excluding hydrogens is 223 g/mol. The van der Waals surface area contributed by atoms with Crippen LogP contribution in [0.5, 0.6) is 5.75 Å². The Morgan fingerprint density at radius 1 is 1.35 bits per heavy atom. The molecule has 1 saturated carbocycles. The normalized spacial score (nSPS) is 15.9. The molecule has 1 aromatic rings. The van der Waals surface area contributed by atoms with E-state index in [0.29, 0.717) is 5.56 Å². The monoisotopic (exact) mass is 238 g/mol. The van der Waals surface area contributed by atoms with Crippen molar-refractivity contribution in [2.45, 2.75) is 31.8 Å². The van der Waals surface area contributed by atoms with Crippen molar-refractivity contribution in [3.05, 3.63) is 29.6 Å². The topological polar surface area (TPSA) is 35.5 Å². The van der Waals surface area contributed by atoms with Crippen LogP contribution in [0.15, 0.2) is 18.2 Å². The Morgan fingerprint density at radius 2 is 2.06 bits per heavy atom. The highest BCUT2D eigenvalue weighted by molar-refractivity contribution is 5.89. The summed E-state index contributed by atoms with van der Waals surface area (Å²) in [5.74, 6) is -0.786. The predicted molar refractivity (Wildman–Crippen MR) is 60.6 cm³/mol. The Balaban J connectivity index is 2.16. The summed E-state index contributed by atoms with van der Waals surface area (Å²) in [6.45, 7) is 0. The van der Waals surface area contributed by atoms with Crippen molar-refractivity contribution in [3.63, 3.8) is 0 Å². The van der Waals surface area contributed by atoms with Crippen molar-refractivity contribution in [3.8, 4) is 5.75 Å². The summed E-state index contributed by atoms with van der Waals surface area (Å²) >= 11 is 0. The van der Waals surface area contributed by atoms with Crippen LogP contribution < -0.4 is 4.74 Å². The number of hydrogen-bond acceptors (Lipinski definition) is 3. The third-order valence-corrected chi connectivity index (χ3v) is 2.95. The lowest BCUT2D eigenvalue weighted by Crippen LogP contribution is -2.12. The van der Waals surface area contributed by atoms with Crippen LogP contribution in [-0.2, 0) is 4.74 Å². The third kappa shape index (κ3) is 2.75. The van der Waals surface area contributed by atoms with Gasteiger partial charge in [0.05, 0.1) is 18.8 Å². The van der Waals surface area contributed by atoms with Crippen LogP contribution in [0.4, 0.5) is 4.39 Å². The van der Waals surface area contributed by atoms with Gasteiger partial charge in [0.15, 0.2) is 11.6 Å². The highest BCUT2D eigenvalue weighted by Crippen LogP contribution is 2.26. The van der Waals surface area contributed by atoms with Crippen LogP contribution in [0, 0.1) is 5.82 Å². The quantitative estimate of drug-likeness (QED) is 0.759. The Labute approximate surface area is 99.5 Å². The molecule has 1 aliphatic rings. The van der Waals surface area contributed by atoms with Crippen LogP contribution in [0.25, 0.3) is 0 Å². The Morgan fingerprint density at radius 3 is 2.71 bits per heavy atom. The Kier molecular flexibility index (Phi) is 3.61. The average Bonchev–Trinajstić information content (AvgIpc) is 2.84. The van der Waals surface area contributed by atoms with Gasteiger partial charge >= 0.3 is 5.97 Å². The molecule has 1 fully saturated rings. The SMILES string of the molecule is COC(=O)c1ccc(F)c(OC2CCCC2)c1. The maximum atomic E-state index is 13.5. The van der Waals surface area contributed by atoms with Gasteiger partial charge in [0, 0.05) is 0 Å². The highest BCUT2D eigenvalue weighted by Gasteiger charge is 2.19. The molecule has 1 aliphatic carbocycles. The number of rotatable bonds is 3. The second-order valence-electron chi connectivity index (χ2n) is 4.16. The van der Waals surface area contributed by atoms with Gasteiger partial charge in [0.1, 0.15) is 0 Å². The first-order valence-corrected chi connectivity index (χ1v) is 5.75. The molecule has 1 aromatic carbocycles. The fraction of sp³-hybridized carbons (Fsp3) is 0.462. The van der Waals surface area contributed by atoms with Gasteiger partial charge in [-0.05, 0) is 43.9 Å². The zero-order valence-corrected chi connectivity index (χ0v) is 9.74. The molecule has 0 N–H and O–H groups in total. The molecule has 0 amide bonds. The third-order valence-electron chi connectivity index (χ3n) is 2.95. The zero-order valence-electron chi connectivity index (χ0n) is 9.74. The number of ether oxygens (including phenoxy) is 2. The molecule has 0 aromatic heterocycles. The number of hydrogen-bond donors (Lipinski definition) is 0. The maximum absolute atomic E-state index is 13.5. The molecule has 0 aliphatic heterocycles. The Bertz CT molecular complexity index is 411. The largest absolute Gasteiger partial charge is 0.487 e. The van der Waals surface area contributed by atoms with E-state index in [-0.39, 0.29) is 11.9 Å². The molecule has 0 atom stereocenters. The van der Waals surface area contributed by atoms with E-state index < -0.39 is 11.8 Å². The van der Waals surface area contributed by atoms with E-state index in [1.54, 1.807) is 0 Å². The van der Waals surface area contributed by atoms with E-state index in [4.69, 9.17) is 4.74 Å². The Hall–Kier alpha value is -1.58. The van der Waals surface area contributed by atoms with E-state index in [2.05, 4.69) is 4.74 Å². The number of carbonyl (C=O) groups excluding carboxylic acids is 1. The van der Waals surface area contributed by atoms with Gasteiger partial charge in [-0.25, -0.2) is 9.18 Å². The van der Waals surface area contributed by atoms with Crippen molar-refractivity contribution in [2.24, 2.45) is 0 Å². The number of esters is 1. The minimum absolute atomic E-state index is 0.0670. The van der Waals surface area contributed by atoms with Crippen LogP contribution in [0.3, 0.4) is 0 Å². The van der Waals surface area contributed by atoms with Gasteiger partial charge in [-0.15, -0.1) is 0 Å². The predicted octanol–water partition coefficient (Wildman–Crippen LogP) is 2.93. The summed E-state index contributed by atoms with van der Waals surface area (Å²) in [6, 6.07) is 4.03. The van der Waals surface area contributed by atoms with E-state index in [1.165, 1.54) is 25.3 Å². The van der Waals surface area contributed by atoms with E-state index in [0.717, 1.165) is 25.7 Å². The molecule has 92 valence electrons. The maximum Gasteiger partial charge on any atom is 0.337 e. The van der Waals surface area contributed by atoms with Crippen LogP contribution in [-0.4, -0.2) is 19.2 Å². The number of halogens is 1. The minimum atomic E-state index is -0.485. The van der Waals surface area contributed by atoms with Gasteiger partial charge in [-0.2, -0.15) is 0 Å². The van der Waals surface area contributed by atoms with E-state index in [1.807, 2.05) is 0 Å². The van der Waals surface area contributed by atoms with Crippen molar-refractivity contribution in [1.82, 2.24) is 0 Å². The summed E-state index contributed by atoms with van der Waals surface area (Å²) in [6.07, 6.45) is 4.19. The highest BCUT2D eigenvalue weighted by atomic mass is 19.1. The molecule has 0 saturated heterocycles. The minimum Gasteiger partial charge on any atom is -0.487 e. The van der Waals surface area contributed by atoms with Crippen LogP contribution >= 0.6 is 0 Å². The smallest absolute Gasteiger partial charge is 0.337 e. The molecule has 0 heterocycles. The molecule has 0 unspecified atom stereocenters. The number of methoxy groups -OCH3 is 1. The summed E-state index contributed by atoms with van der Waals surface area (Å²) < 4.78 is 23.7. The lowest BCUT2D eigenvalue weighted by molar-refractivity contribution is 0.0599. The molecular formula is C13H15FO3. The van der Waals surface area contributed by atoms with Gasteiger partial charge in [-0.3, -0.25) is 0 Å². The first kappa shape index (κ1) is 11.9. The van der Waals surface area contributed by atoms with Gasteiger partial charge < -0.3 is 9.47 Å². The molecule has 0 radical (unpaired) electrons. The molecule has 0 spiro atoms. The van der Waals surface area contributed by atoms with Crippen molar-refractivity contribution in [2.75, 3.05) is 7.11 Å². The first-order valence-electron chi connectivity index (χ1n) is 5.75. The van der Waals surface area contributed by atoms with Crippen LogP contribution in [0.1, 0.15) is 36.0 Å². The molecule has 3 nitrogen and oxygen atoms in total. The number of carbonyl (C=O) groups is 1. The van der Waals surface area contributed by atoms with Gasteiger partial charge in [-0.1, -0.05) is 0 Å². The van der Waals surface area contributed by atoms with Crippen molar-refractivity contribution in [1.29, 1.82) is 0 Å². The zero-order chi connectivity index (χ0) is 12.3. The fourth-order valence-corrected chi connectivity index (χ4v) is 2.02. The van der Waals surface area contributed by atoms with E-state index in [9.17, 15) is 9.18 Å². The van der Waals surface area contributed by atoms with Gasteiger partial charge in [0.25, 0.3) is 0 Å². The molecule has 17 heavy (non-hydrogen) atoms. The summed E-state index contributed by atoms with van der Waals surface area (Å²) in [5.41, 5.74) is 0.307. The second kappa shape index (κ2) is 5.17. The second-order valence-corrected chi connectivity index (χ2v) is 4.16. The van der Waals surface area contributed by atoms with Crippen molar-refractivity contribution < 1.29 is 18.7 Å². The molecule has 0 bridgehead atoms. The molecule has 4 heteroatoms. The van der Waals surface area contributed by atoms with Crippen LogP contribution in [0.2, 0.25) is 0 Å². The summed E-state index contributed by atoms with van der Waals surface area (Å²) in [4.78, 5) is 11.3. The standard InChI is InChI=1S/C13H15FO3/c1-16-13(15)9-6-7-11(14)12(8-9)17-10-4-2-3-5-10/h6-8,10H,2-5H2,1H3. The first-order chi connectivity index (χ1) is 8.20. The number of benzene rings is 1. The summed E-state index contributed by atoms with van der Waals surface area (Å²) in [7, 11) is 1.29. The lowest BCUT2D eigenvalue weighted by atomic mass is 10.2. The van der Waals surface area contributed by atoms with Crippen molar-refractivity contribution >= 4 is 5.97 Å². The summed E-state index contributed by atoms with van der Waals surface area (Å²) in [5, 5.41) is 0. The fourth-order valence-electron chi connectivity index (χ4n) is 2.02.